The average molecular weight is 343 g/mol. The van der Waals surface area contributed by atoms with E-state index in [0.717, 1.165) is 16.9 Å². The normalized spacial score (nSPS) is 11.1. The highest BCUT2D eigenvalue weighted by Gasteiger charge is 2.32. The van der Waals surface area contributed by atoms with Crippen molar-refractivity contribution in [2.45, 2.75) is 39.8 Å². The number of hydrogen-bond donors (Lipinski definition) is 1. The zero-order chi connectivity index (χ0) is 18.4. The van der Waals surface area contributed by atoms with Crippen molar-refractivity contribution in [3.05, 3.63) is 53.6 Å². The first-order valence-electron chi connectivity index (χ1n) is 8.29. The molecule has 5 nitrogen and oxygen atoms in total. The van der Waals surface area contributed by atoms with Crippen LogP contribution in [0.1, 0.15) is 31.9 Å². The van der Waals surface area contributed by atoms with Crippen LogP contribution < -0.4 is 15.2 Å². The summed E-state index contributed by atoms with van der Waals surface area (Å²) in [5, 5.41) is 0. The molecule has 0 spiro atoms. The van der Waals surface area contributed by atoms with Gasteiger partial charge in [-0.25, -0.2) is 4.79 Å². The number of carbonyl (C=O) groups is 1. The Balaban J connectivity index is 2.13. The lowest BCUT2D eigenvalue weighted by Gasteiger charge is -2.25. The van der Waals surface area contributed by atoms with Crippen LogP contribution in [-0.2, 0) is 16.1 Å². The molecule has 0 aromatic heterocycles. The van der Waals surface area contributed by atoms with Gasteiger partial charge in [0.25, 0.3) is 0 Å². The summed E-state index contributed by atoms with van der Waals surface area (Å²) >= 11 is 0. The van der Waals surface area contributed by atoms with E-state index in [2.05, 4.69) is 0 Å². The van der Waals surface area contributed by atoms with E-state index in [4.69, 9.17) is 19.9 Å². The van der Waals surface area contributed by atoms with Crippen molar-refractivity contribution in [3.63, 3.8) is 0 Å². The highest BCUT2D eigenvalue weighted by Crippen LogP contribution is 2.30. The van der Waals surface area contributed by atoms with Crippen LogP contribution in [0, 0.1) is 6.92 Å². The van der Waals surface area contributed by atoms with Gasteiger partial charge in [-0.2, -0.15) is 0 Å². The quantitative estimate of drug-likeness (QED) is 0.770. The van der Waals surface area contributed by atoms with Gasteiger partial charge in [-0.15, -0.1) is 0 Å². The number of aryl methyl sites for hydroxylation is 1. The van der Waals surface area contributed by atoms with E-state index in [9.17, 15) is 4.79 Å². The largest absolute Gasteiger partial charge is 0.476 e. The Hall–Kier alpha value is -2.53. The summed E-state index contributed by atoms with van der Waals surface area (Å²) in [6.45, 7) is 7.83. The molecule has 0 radical (unpaired) electrons. The van der Waals surface area contributed by atoms with E-state index in [1.807, 2.05) is 37.3 Å². The second-order valence-electron chi connectivity index (χ2n) is 6.21. The molecule has 0 amide bonds. The fourth-order valence-corrected chi connectivity index (χ4v) is 2.29. The molecule has 0 fully saturated rings. The molecule has 0 aliphatic heterocycles. The summed E-state index contributed by atoms with van der Waals surface area (Å²) < 4.78 is 16.8. The number of carbonyl (C=O) groups excluding carboxylic acids is 1. The van der Waals surface area contributed by atoms with Crippen molar-refractivity contribution in [2.24, 2.45) is 5.73 Å². The second kappa shape index (κ2) is 8.03. The van der Waals surface area contributed by atoms with Crippen LogP contribution in [0.2, 0.25) is 0 Å². The SMILES string of the molecule is CCOC(=O)C(C)(C)Oc1ccc(Oc2cccc(CN)c2)cc1C. The third kappa shape index (κ3) is 4.97. The zero-order valence-electron chi connectivity index (χ0n) is 15.2. The number of hydrogen-bond acceptors (Lipinski definition) is 5. The summed E-state index contributed by atoms with van der Waals surface area (Å²) in [7, 11) is 0. The van der Waals surface area contributed by atoms with Crippen molar-refractivity contribution in [1.29, 1.82) is 0 Å². The molecule has 2 aromatic carbocycles. The van der Waals surface area contributed by atoms with Gasteiger partial charge in [-0.3, -0.25) is 0 Å². The van der Waals surface area contributed by atoms with Gasteiger partial charge in [0, 0.05) is 6.54 Å². The molecule has 25 heavy (non-hydrogen) atoms. The monoisotopic (exact) mass is 343 g/mol. The van der Waals surface area contributed by atoms with Crippen LogP contribution >= 0.6 is 0 Å². The summed E-state index contributed by atoms with van der Waals surface area (Å²) in [6.07, 6.45) is 0. The van der Waals surface area contributed by atoms with Crippen molar-refractivity contribution in [2.75, 3.05) is 6.61 Å². The number of esters is 1. The Morgan fingerprint density at radius 1 is 1.12 bits per heavy atom. The number of ether oxygens (including phenoxy) is 3. The number of rotatable bonds is 7. The fourth-order valence-electron chi connectivity index (χ4n) is 2.29. The van der Waals surface area contributed by atoms with Crippen LogP contribution in [-0.4, -0.2) is 18.2 Å². The minimum Gasteiger partial charge on any atom is -0.476 e. The lowest BCUT2D eigenvalue weighted by atomic mass is 10.1. The highest BCUT2D eigenvalue weighted by molar-refractivity contribution is 5.79. The molecule has 0 saturated carbocycles. The van der Waals surface area contributed by atoms with E-state index in [0.29, 0.717) is 24.7 Å². The van der Waals surface area contributed by atoms with Crippen LogP contribution in [0.25, 0.3) is 0 Å². The van der Waals surface area contributed by atoms with Crippen molar-refractivity contribution < 1.29 is 19.0 Å². The zero-order valence-corrected chi connectivity index (χ0v) is 15.2. The van der Waals surface area contributed by atoms with Gasteiger partial charge in [-0.05, 0) is 69.2 Å². The lowest BCUT2D eigenvalue weighted by molar-refractivity contribution is -0.158. The van der Waals surface area contributed by atoms with Gasteiger partial charge < -0.3 is 19.9 Å². The molecule has 5 heteroatoms. The minimum atomic E-state index is -1.06. The van der Waals surface area contributed by atoms with Crippen molar-refractivity contribution >= 4 is 5.97 Å². The maximum absolute atomic E-state index is 12.0. The van der Waals surface area contributed by atoms with Crippen LogP contribution in [0.15, 0.2) is 42.5 Å². The average Bonchev–Trinajstić information content (AvgIpc) is 2.57. The topological polar surface area (TPSA) is 70.8 Å². The number of benzene rings is 2. The Morgan fingerprint density at radius 3 is 2.48 bits per heavy atom. The molecule has 134 valence electrons. The first-order chi connectivity index (χ1) is 11.9. The molecule has 0 aliphatic rings. The predicted molar refractivity (Wildman–Crippen MR) is 96.9 cm³/mol. The Kier molecular flexibility index (Phi) is 6.04. The minimum absolute atomic E-state index is 0.319. The Labute approximate surface area is 148 Å². The molecular weight excluding hydrogens is 318 g/mol. The molecule has 0 bridgehead atoms. The molecular formula is C20H25NO4. The molecule has 0 heterocycles. The third-order valence-corrected chi connectivity index (χ3v) is 3.65. The maximum Gasteiger partial charge on any atom is 0.349 e. The van der Waals surface area contributed by atoms with Crippen molar-refractivity contribution in [3.8, 4) is 17.2 Å². The van der Waals surface area contributed by atoms with E-state index in [1.54, 1.807) is 32.9 Å². The molecule has 0 aliphatic carbocycles. The van der Waals surface area contributed by atoms with Gasteiger partial charge in [0.05, 0.1) is 6.61 Å². The highest BCUT2D eigenvalue weighted by atomic mass is 16.6. The van der Waals surface area contributed by atoms with Crippen molar-refractivity contribution in [1.82, 2.24) is 0 Å². The van der Waals surface area contributed by atoms with Gasteiger partial charge in [0.15, 0.2) is 5.60 Å². The molecule has 2 rings (SSSR count). The van der Waals surface area contributed by atoms with Gasteiger partial charge in [0.2, 0.25) is 0 Å². The first-order valence-corrected chi connectivity index (χ1v) is 8.29. The van der Waals surface area contributed by atoms with Gasteiger partial charge >= 0.3 is 5.97 Å². The smallest absolute Gasteiger partial charge is 0.349 e. The van der Waals surface area contributed by atoms with E-state index in [1.165, 1.54) is 0 Å². The standard InChI is InChI=1S/C20H25NO4/c1-5-23-19(22)20(3,4)25-18-10-9-17(11-14(18)2)24-16-8-6-7-15(12-16)13-21/h6-12H,5,13,21H2,1-4H3. The summed E-state index contributed by atoms with van der Waals surface area (Å²) in [5.74, 6) is 1.63. The van der Waals surface area contributed by atoms with Gasteiger partial charge in [0.1, 0.15) is 17.2 Å². The summed E-state index contributed by atoms with van der Waals surface area (Å²) in [5.41, 5.74) is 6.46. The van der Waals surface area contributed by atoms with E-state index in [-0.39, 0.29) is 0 Å². The maximum atomic E-state index is 12.0. The summed E-state index contributed by atoms with van der Waals surface area (Å²) in [6, 6.07) is 13.1. The van der Waals surface area contributed by atoms with Gasteiger partial charge in [-0.1, -0.05) is 12.1 Å². The fraction of sp³-hybridized carbons (Fsp3) is 0.350. The Morgan fingerprint density at radius 2 is 1.84 bits per heavy atom. The molecule has 0 unspecified atom stereocenters. The van der Waals surface area contributed by atoms with Crippen LogP contribution in [0.5, 0.6) is 17.2 Å². The molecule has 0 saturated heterocycles. The van der Waals surface area contributed by atoms with Crippen LogP contribution in [0.4, 0.5) is 0 Å². The Bertz CT molecular complexity index is 740. The van der Waals surface area contributed by atoms with E-state index >= 15 is 0 Å². The second-order valence-corrected chi connectivity index (χ2v) is 6.21. The lowest BCUT2D eigenvalue weighted by Crippen LogP contribution is -2.39. The molecule has 0 atom stereocenters. The predicted octanol–water partition coefficient (Wildman–Crippen LogP) is 3.97. The molecule has 2 aromatic rings. The number of nitrogens with two attached hydrogens (primary N) is 1. The first kappa shape index (κ1) is 18.8. The van der Waals surface area contributed by atoms with E-state index < -0.39 is 11.6 Å². The third-order valence-electron chi connectivity index (χ3n) is 3.65. The molecule has 2 N–H and O–H groups in total. The summed E-state index contributed by atoms with van der Waals surface area (Å²) in [4.78, 5) is 12.0. The van der Waals surface area contributed by atoms with Crippen LogP contribution in [0.3, 0.4) is 0 Å².